The van der Waals surface area contributed by atoms with E-state index in [0.717, 1.165) is 24.4 Å². The van der Waals surface area contributed by atoms with E-state index in [1.165, 1.54) is 0 Å². The summed E-state index contributed by atoms with van der Waals surface area (Å²) in [5, 5.41) is 3.40. The molecule has 0 atom stereocenters. The van der Waals surface area contributed by atoms with E-state index in [-0.39, 0.29) is 18.4 Å². The van der Waals surface area contributed by atoms with Crippen molar-refractivity contribution in [3.63, 3.8) is 0 Å². The van der Waals surface area contributed by atoms with Gasteiger partial charge in [-0.2, -0.15) is 0 Å². The monoisotopic (exact) mass is 227 g/mol. The van der Waals surface area contributed by atoms with Gasteiger partial charge in [-0.15, -0.1) is 0 Å². The molecule has 1 saturated carbocycles. The van der Waals surface area contributed by atoms with Crippen LogP contribution in [-0.4, -0.2) is 22.4 Å². The summed E-state index contributed by atoms with van der Waals surface area (Å²) in [7, 11) is 0. The number of aromatic amines is 1. The molecule has 1 aliphatic carbocycles. The van der Waals surface area contributed by atoms with Crippen molar-refractivity contribution in [1.29, 1.82) is 0 Å². The average Bonchev–Trinajstić information content (AvgIpc) is 2.72. The van der Waals surface area contributed by atoms with Gasteiger partial charge in [0.2, 0.25) is 5.92 Å². The number of aromatic nitrogens is 2. The Labute approximate surface area is 92.6 Å². The van der Waals surface area contributed by atoms with Gasteiger partial charge in [0.05, 0.1) is 17.6 Å². The quantitative estimate of drug-likeness (QED) is 0.711. The second-order valence-corrected chi connectivity index (χ2v) is 4.84. The molecule has 16 heavy (non-hydrogen) atoms. The molecule has 0 unspecified atom stereocenters. The maximum absolute atomic E-state index is 13.2. The van der Waals surface area contributed by atoms with Crippen LogP contribution in [0, 0.1) is 0 Å². The fraction of sp³-hybridized carbons (Fsp3) is 0.727. The van der Waals surface area contributed by atoms with Crippen LogP contribution in [-0.2, 0) is 12.0 Å². The van der Waals surface area contributed by atoms with Gasteiger partial charge in [0.15, 0.2) is 0 Å². The van der Waals surface area contributed by atoms with Crippen molar-refractivity contribution in [2.45, 2.75) is 43.6 Å². The normalized spacial score (nSPS) is 26.6. The van der Waals surface area contributed by atoms with Crippen LogP contribution in [0.1, 0.15) is 37.1 Å². The summed E-state index contributed by atoms with van der Waals surface area (Å²) in [6.07, 6.45) is 3.48. The molecule has 0 aromatic carbocycles. The van der Waals surface area contributed by atoms with Crippen molar-refractivity contribution in [1.82, 2.24) is 15.3 Å². The second kappa shape index (κ2) is 3.26. The fourth-order valence-electron chi connectivity index (χ4n) is 2.89. The van der Waals surface area contributed by atoms with Crippen LogP contribution in [0.2, 0.25) is 0 Å². The summed E-state index contributed by atoms with van der Waals surface area (Å²) in [4.78, 5) is 7.43. The van der Waals surface area contributed by atoms with Gasteiger partial charge >= 0.3 is 0 Å². The maximum atomic E-state index is 13.2. The van der Waals surface area contributed by atoms with Crippen molar-refractivity contribution >= 4 is 0 Å². The predicted molar refractivity (Wildman–Crippen MR) is 55.4 cm³/mol. The van der Waals surface area contributed by atoms with E-state index in [4.69, 9.17) is 0 Å². The Balaban J connectivity index is 1.92. The minimum absolute atomic E-state index is 0.0354. The molecule has 0 saturated heterocycles. The number of hydrogen-bond donors (Lipinski definition) is 2. The van der Waals surface area contributed by atoms with Crippen LogP contribution in [0.3, 0.4) is 0 Å². The van der Waals surface area contributed by atoms with E-state index in [0.29, 0.717) is 12.8 Å². The number of nitrogens with zero attached hydrogens (tertiary/aromatic N) is 1. The number of imidazole rings is 1. The van der Waals surface area contributed by atoms with Gasteiger partial charge in [0, 0.05) is 31.5 Å². The molecule has 3 nitrogen and oxygen atoms in total. The SMILES string of the molecule is FC1(F)CCC2(CC1)NCCc1[nH]cnc12. The highest BCUT2D eigenvalue weighted by atomic mass is 19.3. The Bertz CT molecular complexity index is 390. The number of nitrogens with one attached hydrogen (secondary N) is 2. The van der Waals surface area contributed by atoms with Gasteiger partial charge in [-0.3, -0.25) is 0 Å². The standard InChI is InChI=1S/C11H15F2N3/c12-11(13)4-2-10(3-5-11)9-8(1-6-16-10)14-7-15-9/h7,16H,1-6H2,(H,14,15). The van der Waals surface area contributed by atoms with E-state index in [1.807, 2.05) is 0 Å². The molecule has 3 rings (SSSR count). The molecule has 0 radical (unpaired) electrons. The first-order valence-electron chi connectivity index (χ1n) is 5.77. The lowest BCUT2D eigenvalue weighted by Crippen LogP contribution is -2.51. The Hall–Kier alpha value is -0.970. The third kappa shape index (κ3) is 1.45. The van der Waals surface area contributed by atoms with E-state index in [1.54, 1.807) is 6.33 Å². The molecule has 2 N–H and O–H groups in total. The number of hydrogen-bond acceptors (Lipinski definition) is 2. The summed E-state index contributed by atoms with van der Waals surface area (Å²) >= 11 is 0. The van der Waals surface area contributed by atoms with Gasteiger partial charge < -0.3 is 10.3 Å². The molecule has 5 heteroatoms. The minimum atomic E-state index is -2.49. The van der Waals surface area contributed by atoms with Gasteiger partial charge in [-0.05, 0) is 12.8 Å². The molecule has 0 amide bonds. The largest absolute Gasteiger partial charge is 0.348 e. The summed E-state index contributed by atoms with van der Waals surface area (Å²) < 4.78 is 26.4. The van der Waals surface area contributed by atoms with Crippen molar-refractivity contribution in [3.05, 3.63) is 17.7 Å². The Morgan fingerprint density at radius 3 is 2.69 bits per heavy atom. The van der Waals surface area contributed by atoms with Gasteiger partial charge in [-0.1, -0.05) is 0 Å². The topological polar surface area (TPSA) is 40.7 Å². The van der Waals surface area contributed by atoms with Crippen LogP contribution < -0.4 is 5.32 Å². The first-order chi connectivity index (χ1) is 7.61. The number of H-pyrrole nitrogens is 1. The molecule has 1 aromatic rings. The first kappa shape index (κ1) is 10.2. The predicted octanol–water partition coefficient (Wildman–Crippen LogP) is 1.96. The highest BCUT2D eigenvalue weighted by molar-refractivity contribution is 5.26. The van der Waals surface area contributed by atoms with Gasteiger partial charge in [-0.25, -0.2) is 13.8 Å². The maximum Gasteiger partial charge on any atom is 0.248 e. The van der Waals surface area contributed by atoms with Crippen LogP contribution in [0.25, 0.3) is 0 Å². The van der Waals surface area contributed by atoms with E-state index in [2.05, 4.69) is 15.3 Å². The van der Waals surface area contributed by atoms with Crippen molar-refractivity contribution in [2.24, 2.45) is 0 Å². The number of rotatable bonds is 0. The Kier molecular flexibility index (Phi) is 2.08. The van der Waals surface area contributed by atoms with Crippen molar-refractivity contribution in [2.75, 3.05) is 6.54 Å². The van der Waals surface area contributed by atoms with Gasteiger partial charge in [0.1, 0.15) is 0 Å². The third-order valence-corrected chi connectivity index (χ3v) is 3.85. The Morgan fingerprint density at radius 1 is 1.19 bits per heavy atom. The number of alkyl halides is 2. The molecular weight excluding hydrogens is 212 g/mol. The van der Waals surface area contributed by atoms with Crippen LogP contribution in [0.5, 0.6) is 0 Å². The summed E-state index contributed by atoms with van der Waals surface area (Å²) in [6, 6.07) is 0. The lowest BCUT2D eigenvalue weighted by atomic mass is 9.75. The lowest BCUT2D eigenvalue weighted by molar-refractivity contribution is -0.0585. The number of halogens is 2. The molecule has 2 heterocycles. The van der Waals surface area contributed by atoms with Crippen LogP contribution >= 0.6 is 0 Å². The van der Waals surface area contributed by atoms with E-state index < -0.39 is 5.92 Å². The fourth-order valence-corrected chi connectivity index (χ4v) is 2.89. The van der Waals surface area contributed by atoms with Crippen LogP contribution in [0.4, 0.5) is 8.78 Å². The summed E-state index contributed by atoms with van der Waals surface area (Å²) in [5.74, 6) is -2.49. The third-order valence-electron chi connectivity index (χ3n) is 3.85. The molecular formula is C11H15F2N3. The van der Waals surface area contributed by atoms with E-state index in [9.17, 15) is 8.78 Å². The van der Waals surface area contributed by atoms with Crippen LogP contribution in [0.15, 0.2) is 6.33 Å². The summed E-state index contributed by atoms with van der Waals surface area (Å²) in [6.45, 7) is 0.848. The van der Waals surface area contributed by atoms with Crippen molar-refractivity contribution in [3.8, 4) is 0 Å². The zero-order valence-electron chi connectivity index (χ0n) is 9.02. The zero-order valence-corrected chi connectivity index (χ0v) is 9.02. The Morgan fingerprint density at radius 2 is 1.94 bits per heavy atom. The smallest absolute Gasteiger partial charge is 0.248 e. The van der Waals surface area contributed by atoms with Gasteiger partial charge in [0.25, 0.3) is 0 Å². The van der Waals surface area contributed by atoms with E-state index >= 15 is 0 Å². The van der Waals surface area contributed by atoms with Crippen molar-refractivity contribution < 1.29 is 8.78 Å². The zero-order chi connectivity index (χ0) is 11.2. The molecule has 1 spiro atoms. The summed E-state index contributed by atoms with van der Waals surface area (Å²) in [5.41, 5.74) is 1.79. The molecule has 1 aromatic heterocycles. The molecule has 88 valence electrons. The second-order valence-electron chi connectivity index (χ2n) is 4.84. The lowest BCUT2D eigenvalue weighted by Gasteiger charge is -2.42. The highest BCUT2D eigenvalue weighted by Crippen LogP contribution is 2.44. The highest BCUT2D eigenvalue weighted by Gasteiger charge is 2.47. The number of fused-ring (bicyclic) bond motifs is 2. The molecule has 2 aliphatic rings. The minimum Gasteiger partial charge on any atom is -0.348 e. The molecule has 0 bridgehead atoms. The first-order valence-corrected chi connectivity index (χ1v) is 5.77. The molecule has 1 fully saturated rings. The average molecular weight is 227 g/mol. The molecule has 1 aliphatic heterocycles.